The Bertz CT molecular complexity index is 281. The van der Waals surface area contributed by atoms with Gasteiger partial charge in [0.05, 0.1) is 7.11 Å². The van der Waals surface area contributed by atoms with Crippen LogP contribution in [0.5, 0.6) is 0 Å². The van der Waals surface area contributed by atoms with Gasteiger partial charge in [0.25, 0.3) is 0 Å². The average molecular weight is 402 g/mol. The smallest absolute Gasteiger partial charge is 0.0589 e. The molecule has 0 saturated heterocycles. The SMILES string of the molecule is CCCCCCCCCCCCCCCCCCCCCCN(O)NNOC. The van der Waals surface area contributed by atoms with Gasteiger partial charge in [-0.15, -0.1) is 16.3 Å². The van der Waals surface area contributed by atoms with E-state index in [1.54, 1.807) is 0 Å². The summed E-state index contributed by atoms with van der Waals surface area (Å²) < 4.78 is 0. The van der Waals surface area contributed by atoms with Crippen LogP contribution in [0.1, 0.15) is 135 Å². The van der Waals surface area contributed by atoms with Gasteiger partial charge >= 0.3 is 0 Å². The van der Waals surface area contributed by atoms with Crippen molar-refractivity contribution in [2.24, 2.45) is 0 Å². The van der Waals surface area contributed by atoms with Crippen molar-refractivity contribution in [1.29, 1.82) is 0 Å². The summed E-state index contributed by atoms with van der Waals surface area (Å²) in [5.74, 6) is 0. The van der Waals surface area contributed by atoms with Gasteiger partial charge in [-0.3, -0.25) is 10.0 Å². The lowest BCUT2D eigenvalue weighted by atomic mass is 10.0. The molecule has 0 aliphatic rings. The van der Waals surface area contributed by atoms with Gasteiger partial charge in [0.1, 0.15) is 0 Å². The van der Waals surface area contributed by atoms with Crippen molar-refractivity contribution < 1.29 is 10.0 Å². The highest BCUT2D eigenvalue weighted by Crippen LogP contribution is 2.14. The number of rotatable bonds is 24. The molecule has 0 heterocycles. The third kappa shape index (κ3) is 23.8. The highest BCUT2D eigenvalue weighted by Gasteiger charge is 1.98. The fourth-order valence-electron chi connectivity index (χ4n) is 3.67. The Morgan fingerprint density at radius 3 is 1.21 bits per heavy atom. The lowest BCUT2D eigenvalue weighted by Gasteiger charge is -2.14. The number of hydrogen-bond acceptors (Lipinski definition) is 5. The van der Waals surface area contributed by atoms with Crippen LogP contribution in [-0.4, -0.2) is 24.0 Å². The molecule has 0 aromatic heterocycles. The second-order valence-electron chi connectivity index (χ2n) is 8.26. The summed E-state index contributed by atoms with van der Waals surface area (Å²) in [4.78, 5) is 4.60. The normalized spacial score (nSPS) is 11.6. The maximum Gasteiger partial charge on any atom is 0.0589 e. The summed E-state index contributed by atoms with van der Waals surface area (Å²) in [6.07, 6.45) is 27.7. The molecule has 0 bridgehead atoms. The minimum Gasteiger partial charge on any atom is -0.298 e. The number of hydrazine groups is 2. The first-order valence-electron chi connectivity index (χ1n) is 12.3. The molecular formula is C23H51N3O2. The number of nitrogens with one attached hydrogen (secondary N) is 2. The Balaban J connectivity index is 3.03. The van der Waals surface area contributed by atoms with Crippen LogP contribution in [0.2, 0.25) is 0 Å². The number of nitrogens with zero attached hydrogens (tertiary/aromatic N) is 1. The van der Waals surface area contributed by atoms with Crippen LogP contribution in [0.4, 0.5) is 0 Å². The Kier molecular flexibility index (Phi) is 24.7. The molecule has 0 aliphatic heterocycles. The minimum atomic E-state index is 0.606. The van der Waals surface area contributed by atoms with Gasteiger partial charge in [0, 0.05) is 6.54 Å². The first kappa shape index (κ1) is 27.8. The number of hydrogen-bond donors (Lipinski definition) is 3. The van der Waals surface area contributed by atoms with E-state index in [4.69, 9.17) is 0 Å². The van der Waals surface area contributed by atoms with E-state index in [0.717, 1.165) is 11.6 Å². The lowest BCUT2D eigenvalue weighted by Crippen LogP contribution is -2.44. The highest BCUT2D eigenvalue weighted by molar-refractivity contribution is 4.51. The Labute approximate surface area is 175 Å². The molecule has 3 N–H and O–H groups in total. The quantitative estimate of drug-likeness (QED) is 0.119. The Hall–Kier alpha value is -0.200. The molecule has 5 nitrogen and oxygen atoms in total. The molecule has 0 amide bonds. The molecular weight excluding hydrogens is 350 g/mol. The van der Waals surface area contributed by atoms with Gasteiger partial charge in [0.15, 0.2) is 0 Å². The van der Waals surface area contributed by atoms with Crippen LogP contribution in [0, 0.1) is 0 Å². The van der Waals surface area contributed by atoms with Crippen LogP contribution >= 0.6 is 0 Å². The predicted octanol–water partition coefficient (Wildman–Crippen LogP) is 7.07. The van der Waals surface area contributed by atoms with Gasteiger partial charge in [-0.2, -0.15) is 0 Å². The van der Waals surface area contributed by atoms with E-state index in [1.807, 2.05) is 0 Å². The van der Waals surface area contributed by atoms with E-state index in [0.29, 0.717) is 6.54 Å². The zero-order valence-electron chi connectivity index (χ0n) is 19.2. The van der Waals surface area contributed by atoms with Crippen LogP contribution in [0.3, 0.4) is 0 Å². The second-order valence-corrected chi connectivity index (χ2v) is 8.26. The molecule has 0 radical (unpaired) electrons. The third-order valence-corrected chi connectivity index (χ3v) is 5.50. The molecule has 0 saturated carbocycles. The minimum absolute atomic E-state index is 0.606. The average Bonchev–Trinajstić information content (AvgIpc) is 2.70. The molecule has 0 fully saturated rings. The fraction of sp³-hybridized carbons (Fsp3) is 1.00. The molecule has 0 aromatic rings. The molecule has 0 spiro atoms. The third-order valence-electron chi connectivity index (χ3n) is 5.50. The van der Waals surface area contributed by atoms with E-state index < -0.39 is 0 Å². The maximum absolute atomic E-state index is 9.41. The molecule has 0 aromatic carbocycles. The summed E-state index contributed by atoms with van der Waals surface area (Å²) in [5, 5.41) is 10.4. The molecule has 0 rings (SSSR count). The zero-order chi connectivity index (χ0) is 20.5. The van der Waals surface area contributed by atoms with Gasteiger partial charge in [-0.1, -0.05) is 129 Å². The largest absolute Gasteiger partial charge is 0.298 e. The van der Waals surface area contributed by atoms with Gasteiger partial charge in [-0.05, 0) is 6.42 Å². The van der Waals surface area contributed by atoms with Gasteiger partial charge in [-0.25, -0.2) is 0 Å². The monoisotopic (exact) mass is 401 g/mol. The molecule has 28 heavy (non-hydrogen) atoms. The van der Waals surface area contributed by atoms with Crippen molar-refractivity contribution in [2.45, 2.75) is 135 Å². The molecule has 0 aliphatic carbocycles. The standard InChI is InChI=1S/C23H51N3O2/c1-3-4-5-6-7-8-9-10-11-12-13-14-15-16-17-18-19-20-21-22-23-26(27)24-25-28-2/h24-25,27H,3-23H2,1-2H3. The van der Waals surface area contributed by atoms with Gasteiger partial charge < -0.3 is 0 Å². The second kappa shape index (κ2) is 24.8. The van der Waals surface area contributed by atoms with Crippen LogP contribution in [0.15, 0.2) is 0 Å². The number of hydroxylamine groups is 1. The van der Waals surface area contributed by atoms with E-state index in [9.17, 15) is 5.21 Å². The highest BCUT2D eigenvalue weighted by atomic mass is 16.7. The summed E-state index contributed by atoms with van der Waals surface area (Å²) in [6.45, 7) is 2.90. The van der Waals surface area contributed by atoms with Crippen molar-refractivity contribution in [3.63, 3.8) is 0 Å². The Morgan fingerprint density at radius 2 is 0.893 bits per heavy atom. The first-order valence-corrected chi connectivity index (χ1v) is 12.3. The van der Waals surface area contributed by atoms with Crippen molar-refractivity contribution >= 4 is 0 Å². The summed E-state index contributed by atoms with van der Waals surface area (Å²) in [5.41, 5.74) is 4.90. The van der Waals surface area contributed by atoms with Crippen LogP contribution in [0.25, 0.3) is 0 Å². The topological polar surface area (TPSA) is 56.8 Å². The zero-order valence-corrected chi connectivity index (χ0v) is 19.2. The molecule has 0 atom stereocenters. The van der Waals surface area contributed by atoms with E-state index in [1.165, 1.54) is 129 Å². The predicted molar refractivity (Wildman–Crippen MR) is 120 cm³/mol. The van der Waals surface area contributed by atoms with Crippen molar-refractivity contribution in [2.75, 3.05) is 13.7 Å². The van der Waals surface area contributed by atoms with Crippen molar-refractivity contribution in [3.05, 3.63) is 0 Å². The summed E-state index contributed by atoms with van der Waals surface area (Å²) in [7, 11) is 1.50. The van der Waals surface area contributed by atoms with Crippen LogP contribution in [-0.2, 0) is 4.84 Å². The van der Waals surface area contributed by atoms with Crippen LogP contribution < -0.4 is 11.1 Å². The summed E-state index contributed by atoms with van der Waals surface area (Å²) in [6, 6.07) is 0. The van der Waals surface area contributed by atoms with E-state index in [2.05, 4.69) is 22.9 Å². The number of unbranched alkanes of at least 4 members (excludes halogenated alkanes) is 19. The fourth-order valence-corrected chi connectivity index (χ4v) is 3.67. The maximum atomic E-state index is 9.41. The first-order chi connectivity index (χ1) is 13.8. The van der Waals surface area contributed by atoms with E-state index in [-0.39, 0.29) is 0 Å². The van der Waals surface area contributed by atoms with E-state index >= 15 is 0 Å². The van der Waals surface area contributed by atoms with Gasteiger partial charge in [0.2, 0.25) is 0 Å². The lowest BCUT2D eigenvalue weighted by molar-refractivity contribution is -0.185. The molecule has 5 heteroatoms. The summed E-state index contributed by atoms with van der Waals surface area (Å²) >= 11 is 0. The molecule has 0 unspecified atom stereocenters. The van der Waals surface area contributed by atoms with Crippen molar-refractivity contribution in [1.82, 2.24) is 16.3 Å². The van der Waals surface area contributed by atoms with Crippen molar-refractivity contribution in [3.8, 4) is 0 Å². The Morgan fingerprint density at radius 1 is 0.571 bits per heavy atom. The molecule has 170 valence electrons.